The van der Waals surface area contributed by atoms with Crippen LogP contribution in [-0.2, 0) is 46.5 Å². The van der Waals surface area contributed by atoms with Crippen molar-refractivity contribution in [1.82, 2.24) is 19.1 Å². The number of Topliss-reactive ketones (excluding diaryl/α,β-unsaturated/α-hetero) is 2. The molecule has 8 saturated carbocycles. The molecule has 6 N–H and O–H groups in total. The number of carbonyl (C=O) groups excluding carboxylic acids is 2. The SMILES string of the molecule is COC[C@@]1(O)CC[C@@]2(C)[C@@H](CC[C@@H]3[C@@H]2CC[C@]2(C)[C@@H](C(=O)Cn4ccnc4)CC[C@@H]32)C1.COC[C@@]1(O)CC[C@@]2(C)[C@@H](CC[C@@H]3[C@@H]2CC[C@]2(C)[C@@H](C(=O)Cn4ccnc4)CC[C@@H]32)C1.O=C(O)CC(O)(CC(=O)O)C(=O)O. The number of nitrogens with zero attached hydrogens (tertiary/aromatic N) is 4. The van der Waals surface area contributed by atoms with Crippen molar-refractivity contribution in [3.63, 3.8) is 0 Å². The van der Waals surface area contributed by atoms with Crippen LogP contribution >= 0.6 is 0 Å². The maximum atomic E-state index is 13.3. The lowest BCUT2D eigenvalue weighted by Gasteiger charge is -2.62. The van der Waals surface area contributed by atoms with Gasteiger partial charge in [-0.05, 0) is 185 Å². The van der Waals surface area contributed by atoms with Gasteiger partial charge in [-0.2, -0.15) is 0 Å². The predicted molar refractivity (Wildman–Crippen MR) is 276 cm³/mol. The van der Waals surface area contributed by atoms with Crippen LogP contribution in [0, 0.1) is 80.8 Å². The van der Waals surface area contributed by atoms with Crippen LogP contribution in [0.2, 0.25) is 0 Å². The summed E-state index contributed by atoms with van der Waals surface area (Å²) < 4.78 is 14.6. The van der Waals surface area contributed by atoms with Gasteiger partial charge in [0.15, 0.2) is 17.2 Å². The molecule has 0 aliphatic heterocycles. The number of carboxylic acid groups (broad SMARTS) is 3. The van der Waals surface area contributed by atoms with E-state index in [2.05, 4.69) is 37.7 Å². The molecule has 16 atom stereocenters. The number of hydrogen-bond acceptors (Lipinski definition) is 12. The van der Waals surface area contributed by atoms with Crippen molar-refractivity contribution in [3.8, 4) is 0 Å². The van der Waals surface area contributed by atoms with E-state index in [1.807, 2.05) is 21.5 Å². The van der Waals surface area contributed by atoms with Gasteiger partial charge in [-0.3, -0.25) is 19.2 Å². The molecule has 8 fully saturated rings. The maximum Gasteiger partial charge on any atom is 0.336 e. The number of rotatable bonds is 15. The van der Waals surface area contributed by atoms with Gasteiger partial charge in [-0.1, -0.05) is 27.7 Å². The van der Waals surface area contributed by atoms with Crippen molar-refractivity contribution in [2.24, 2.45) is 80.8 Å². The summed E-state index contributed by atoms with van der Waals surface area (Å²) in [5, 5.41) is 55.9. The molecule has 2 aromatic rings. The molecular weight excluding hydrogens is 961 g/mol. The number of methoxy groups -OCH3 is 2. The van der Waals surface area contributed by atoms with Gasteiger partial charge in [0.1, 0.15) is 0 Å². The Labute approximate surface area is 443 Å². The van der Waals surface area contributed by atoms with Gasteiger partial charge in [-0.15, -0.1) is 0 Å². The molecule has 17 heteroatoms. The van der Waals surface area contributed by atoms with Crippen LogP contribution in [0.25, 0.3) is 0 Å². The van der Waals surface area contributed by atoms with Crippen LogP contribution in [0.4, 0.5) is 0 Å². The number of carboxylic acids is 3. The summed E-state index contributed by atoms with van der Waals surface area (Å²) in [5.74, 6) is 1.76. The van der Waals surface area contributed by atoms with Crippen molar-refractivity contribution in [2.45, 2.75) is 186 Å². The highest BCUT2D eigenvalue weighted by Gasteiger charge is 2.64. The third kappa shape index (κ3) is 11.2. The first-order valence-electron chi connectivity index (χ1n) is 28.1. The van der Waals surface area contributed by atoms with Crippen molar-refractivity contribution >= 4 is 29.5 Å². The van der Waals surface area contributed by atoms with Crippen molar-refractivity contribution in [3.05, 3.63) is 37.4 Å². The average Bonchev–Trinajstić information content (AvgIpc) is 4.17. The summed E-state index contributed by atoms with van der Waals surface area (Å²) in [6, 6.07) is 0. The lowest BCUT2D eigenvalue weighted by molar-refractivity contribution is -0.170. The molecule has 0 bridgehead atoms. The number of ether oxygens (including phenoxy) is 2. The zero-order valence-corrected chi connectivity index (χ0v) is 45.5. The van der Waals surface area contributed by atoms with Gasteiger partial charge in [0.25, 0.3) is 0 Å². The highest BCUT2D eigenvalue weighted by Crippen LogP contribution is 2.70. The zero-order chi connectivity index (χ0) is 54.4. The third-order valence-corrected chi connectivity index (χ3v) is 22.3. The van der Waals surface area contributed by atoms with E-state index in [0.717, 1.165) is 75.0 Å². The normalized spacial score (nSPS) is 40.5. The van der Waals surface area contributed by atoms with Crippen LogP contribution in [0.1, 0.15) is 156 Å². The summed E-state index contributed by atoms with van der Waals surface area (Å²) in [6.45, 7) is 11.8. The fourth-order valence-electron chi connectivity index (χ4n) is 18.6. The fourth-order valence-corrected chi connectivity index (χ4v) is 18.6. The molecule has 0 spiro atoms. The molecule has 0 aromatic carbocycles. The van der Waals surface area contributed by atoms with Gasteiger partial charge < -0.3 is 49.2 Å². The summed E-state index contributed by atoms with van der Waals surface area (Å²) in [5.41, 5.74) is -3.01. The summed E-state index contributed by atoms with van der Waals surface area (Å²) in [6.07, 6.45) is 28.7. The minimum Gasteiger partial charge on any atom is -0.481 e. The molecule has 10 rings (SSSR count). The van der Waals surface area contributed by atoms with Crippen molar-refractivity contribution < 1.29 is 64.1 Å². The highest BCUT2D eigenvalue weighted by atomic mass is 16.5. The van der Waals surface area contributed by atoms with E-state index in [1.165, 1.54) is 64.2 Å². The Balaban J connectivity index is 0.000000163. The molecule has 8 aliphatic carbocycles. The number of aromatic nitrogens is 4. The molecule has 0 amide bonds. The summed E-state index contributed by atoms with van der Waals surface area (Å²) in [4.78, 5) is 65.2. The highest BCUT2D eigenvalue weighted by molar-refractivity contribution is 5.88. The molecule has 75 heavy (non-hydrogen) atoms. The summed E-state index contributed by atoms with van der Waals surface area (Å²) >= 11 is 0. The lowest BCUT2D eigenvalue weighted by Crippen LogP contribution is -2.56. The van der Waals surface area contributed by atoms with Gasteiger partial charge in [0, 0.05) is 50.8 Å². The number of aliphatic hydroxyl groups is 3. The third-order valence-electron chi connectivity index (χ3n) is 22.3. The van der Waals surface area contributed by atoms with E-state index >= 15 is 0 Å². The quantitative estimate of drug-likeness (QED) is 0.0997. The second-order valence-corrected chi connectivity index (χ2v) is 26.3. The standard InChI is InChI=1S/2C26H40N2O3.C6H8O7/c2*1-24-10-11-26(30,16-31-3)14-18(24)4-5-19-20-6-7-22(25(20,2)9-8-21(19)24)23(29)15-28-13-12-27-17-28;7-3(8)1-6(13,5(11)12)2-4(9)10/h2*12-13,17-22,30H,4-11,14-16H2,1-3H3;13H,1-2H2,(H,7,8)(H,9,10)(H,11,12)/t2*18-,19-,20-,21-,22+,24-,25-,26+;/m00./s1. The second kappa shape index (κ2) is 22.0. The Morgan fingerprint density at radius 2 is 0.933 bits per heavy atom. The molecule has 8 aliphatic rings. The largest absolute Gasteiger partial charge is 0.481 e. The molecule has 418 valence electrons. The molecule has 2 aromatic heterocycles. The second-order valence-electron chi connectivity index (χ2n) is 26.3. The smallest absolute Gasteiger partial charge is 0.336 e. The summed E-state index contributed by atoms with van der Waals surface area (Å²) in [7, 11) is 3.41. The number of fused-ring (bicyclic) bond motifs is 10. The van der Waals surface area contributed by atoms with E-state index in [-0.39, 0.29) is 22.7 Å². The first kappa shape index (κ1) is 57.2. The maximum absolute atomic E-state index is 13.3. The van der Waals surface area contributed by atoms with Crippen LogP contribution < -0.4 is 0 Å². The van der Waals surface area contributed by atoms with E-state index < -0.39 is 47.6 Å². The molecule has 2 heterocycles. The topological polar surface area (TPSA) is 261 Å². The van der Waals surface area contributed by atoms with Crippen molar-refractivity contribution in [1.29, 1.82) is 0 Å². The first-order valence-corrected chi connectivity index (χ1v) is 28.1. The minimum absolute atomic E-state index is 0.160. The molecule has 17 nitrogen and oxygen atoms in total. The Morgan fingerprint density at radius 3 is 1.27 bits per heavy atom. The van der Waals surface area contributed by atoms with Crippen LogP contribution in [0.5, 0.6) is 0 Å². The number of ketones is 2. The van der Waals surface area contributed by atoms with E-state index in [4.69, 9.17) is 29.9 Å². The van der Waals surface area contributed by atoms with Crippen LogP contribution in [0.15, 0.2) is 37.4 Å². The Bertz CT molecular complexity index is 2190. The number of hydrogen-bond donors (Lipinski definition) is 6. The Morgan fingerprint density at radius 1 is 0.547 bits per heavy atom. The van der Waals surface area contributed by atoms with E-state index in [9.17, 15) is 34.2 Å². The van der Waals surface area contributed by atoms with Gasteiger partial charge >= 0.3 is 17.9 Å². The average molecular weight is 1050 g/mol. The first-order chi connectivity index (χ1) is 35.4. The molecular formula is C58H88N4O13. The predicted octanol–water partition coefficient (Wildman–Crippen LogP) is 7.73. The minimum atomic E-state index is -2.74. The van der Waals surface area contributed by atoms with Crippen molar-refractivity contribution in [2.75, 3.05) is 27.4 Å². The van der Waals surface area contributed by atoms with Gasteiger partial charge in [0.2, 0.25) is 0 Å². The molecule has 0 radical (unpaired) electrons. The van der Waals surface area contributed by atoms with E-state index in [1.54, 1.807) is 39.3 Å². The monoisotopic (exact) mass is 1050 g/mol. The number of carbonyl (C=O) groups is 5. The fraction of sp³-hybridized carbons (Fsp3) is 0.810. The molecule has 0 saturated heterocycles. The molecule has 0 unspecified atom stereocenters. The number of imidazole rings is 2. The van der Waals surface area contributed by atoms with Gasteiger partial charge in [-0.25, -0.2) is 14.8 Å². The Hall–Kier alpha value is -4.03. The lowest BCUT2D eigenvalue weighted by atomic mass is 9.44. The van der Waals surface area contributed by atoms with E-state index in [0.29, 0.717) is 72.4 Å². The van der Waals surface area contributed by atoms with Crippen LogP contribution in [-0.4, -0.2) is 123 Å². The zero-order valence-electron chi connectivity index (χ0n) is 45.5. The number of aliphatic carboxylic acids is 3. The van der Waals surface area contributed by atoms with Crippen LogP contribution in [0.3, 0.4) is 0 Å². The van der Waals surface area contributed by atoms with Gasteiger partial charge in [0.05, 0.1) is 63.0 Å². The Kier molecular flexibility index (Phi) is 16.8.